The second kappa shape index (κ2) is 5.26. The minimum atomic E-state index is -1.03. The molecule has 1 fully saturated rings. The monoisotopic (exact) mass is 359 g/mol. The second-order valence-corrected chi connectivity index (χ2v) is 7.33. The van der Waals surface area contributed by atoms with Crippen LogP contribution in [0.15, 0.2) is 34.1 Å². The van der Waals surface area contributed by atoms with Gasteiger partial charge in [-0.3, -0.25) is 4.79 Å². The van der Waals surface area contributed by atoms with E-state index in [1.54, 1.807) is 29.1 Å². The Morgan fingerprint density at radius 3 is 2.83 bits per heavy atom. The summed E-state index contributed by atoms with van der Waals surface area (Å²) in [5, 5.41) is 9.28. The topological polar surface area (TPSA) is 93.6 Å². The number of halogens is 1. The van der Waals surface area contributed by atoms with E-state index in [2.05, 4.69) is 16.0 Å². The lowest BCUT2D eigenvalue weighted by molar-refractivity contribution is 0.547. The van der Waals surface area contributed by atoms with Crippen molar-refractivity contribution in [3.8, 4) is 17.5 Å². The van der Waals surface area contributed by atoms with E-state index in [9.17, 15) is 14.9 Å². The van der Waals surface area contributed by atoms with Crippen LogP contribution >= 0.6 is 22.9 Å². The molecular weight excluding hydrogens is 350 g/mol. The van der Waals surface area contributed by atoms with Crippen LogP contribution in [0.25, 0.3) is 11.4 Å². The first-order valence-electron chi connectivity index (χ1n) is 7.18. The molecule has 0 saturated heterocycles. The summed E-state index contributed by atoms with van der Waals surface area (Å²) in [7, 11) is 0. The van der Waals surface area contributed by atoms with E-state index < -0.39 is 16.8 Å². The van der Waals surface area contributed by atoms with Gasteiger partial charge in [0.05, 0.1) is 18.2 Å². The van der Waals surface area contributed by atoms with Crippen molar-refractivity contribution in [3.63, 3.8) is 0 Å². The van der Waals surface area contributed by atoms with Gasteiger partial charge in [0.1, 0.15) is 5.54 Å². The number of hydrogen-bond donors (Lipinski definition) is 0. The first-order valence-corrected chi connectivity index (χ1v) is 8.38. The smallest absolute Gasteiger partial charge is 0.327 e. The fourth-order valence-corrected chi connectivity index (χ4v) is 3.69. The fourth-order valence-electron chi connectivity index (χ4n) is 2.72. The molecule has 0 spiro atoms. The highest BCUT2D eigenvalue weighted by Crippen LogP contribution is 2.40. The van der Waals surface area contributed by atoms with Gasteiger partial charge in [-0.2, -0.15) is 10.2 Å². The number of aromatic nitrogens is 4. The second-order valence-electron chi connectivity index (χ2n) is 5.63. The third kappa shape index (κ3) is 2.25. The maximum absolute atomic E-state index is 12.7. The maximum Gasteiger partial charge on any atom is 0.353 e. The molecule has 3 heterocycles. The van der Waals surface area contributed by atoms with E-state index in [0.29, 0.717) is 35.2 Å². The van der Waals surface area contributed by atoms with Crippen molar-refractivity contribution in [1.29, 1.82) is 5.26 Å². The maximum atomic E-state index is 12.7. The number of rotatable bonds is 3. The van der Waals surface area contributed by atoms with Crippen LogP contribution in [0, 0.1) is 11.3 Å². The third-order valence-corrected chi connectivity index (χ3v) is 5.18. The van der Waals surface area contributed by atoms with Gasteiger partial charge in [0.2, 0.25) is 0 Å². The molecule has 120 valence electrons. The van der Waals surface area contributed by atoms with Crippen LogP contribution in [-0.2, 0) is 12.1 Å². The van der Waals surface area contributed by atoms with E-state index in [4.69, 9.17) is 11.6 Å². The summed E-state index contributed by atoms with van der Waals surface area (Å²) in [6.07, 6.45) is 4.38. The minimum absolute atomic E-state index is 0.294. The van der Waals surface area contributed by atoms with Crippen LogP contribution in [0.1, 0.15) is 17.7 Å². The Hall–Kier alpha value is -2.50. The van der Waals surface area contributed by atoms with Crippen molar-refractivity contribution in [1.82, 2.24) is 19.1 Å². The van der Waals surface area contributed by atoms with Crippen molar-refractivity contribution in [2.75, 3.05) is 0 Å². The number of nitriles is 1. The standard InChI is InChI=1S/C15H10ClN5O2S/c16-13-18-6-9(24-13)7-20-5-1-2-10-11(20)19-14(23)21(12(10)22)15(8-17)3-4-15/h1-2,5-6H,3-4,7H2. The molecule has 7 nitrogen and oxygen atoms in total. The summed E-state index contributed by atoms with van der Waals surface area (Å²) in [6.45, 7) is 0.404. The molecule has 0 atom stereocenters. The van der Waals surface area contributed by atoms with E-state index in [1.807, 2.05) is 0 Å². The Balaban J connectivity index is 1.89. The lowest BCUT2D eigenvalue weighted by Gasteiger charge is -2.16. The van der Waals surface area contributed by atoms with E-state index in [1.165, 1.54) is 11.3 Å². The van der Waals surface area contributed by atoms with Crippen molar-refractivity contribution in [2.45, 2.75) is 24.9 Å². The molecule has 24 heavy (non-hydrogen) atoms. The lowest BCUT2D eigenvalue weighted by Crippen LogP contribution is -2.43. The quantitative estimate of drug-likeness (QED) is 0.709. The van der Waals surface area contributed by atoms with E-state index in [-0.39, 0.29) is 0 Å². The summed E-state index contributed by atoms with van der Waals surface area (Å²) < 4.78 is 3.12. The van der Waals surface area contributed by atoms with Gasteiger partial charge in [0.25, 0.3) is 5.56 Å². The van der Waals surface area contributed by atoms with Gasteiger partial charge < -0.3 is 4.57 Å². The van der Waals surface area contributed by atoms with Crippen LogP contribution in [0.2, 0.25) is 4.47 Å². The number of thiazole rings is 1. The summed E-state index contributed by atoms with van der Waals surface area (Å²) in [4.78, 5) is 34.0. The lowest BCUT2D eigenvalue weighted by atomic mass is 10.2. The number of fused-ring (bicyclic) bond motifs is 1. The molecule has 0 bridgehead atoms. The van der Waals surface area contributed by atoms with Crippen LogP contribution < -0.4 is 11.2 Å². The van der Waals surface area contributed by atoms with Gasteiger partial charge in [-0.1, -0.05) is 11.6 Å². The summed E-state index contributed by atoms with van der Waals surface area (Å²) >= 11 is 7.16. The largest absolute Gasteiger partial charge is 0.353 e. The zero-order chi connectivity index (χ0) is 16.9. The Bertz CT molecular complexity index is 1070. The highest BCUT2D eigenvalue weighted by Gasteiger charge is 2.48. The molecule has 4 rings (SSSR count). The molecule has 0 aromatic carbocycles. The minimum Gasteiger partial charge on any atom is -0.327 e. The van der Waals surface area contributed by atoms with E-state index in [0.717, 1.165) is 9.44 Å². The first kappa shape index (κ1) is 15.1. The highest BCUT2D eigenvalue weighted by atomic mass is 35.5. The van der Waals surface area contributed by atoms with Crippen molar-refractivity contribution >= 4 is 22.9 Å². The molecular formula is C15H10ClN5O2S. The predicted octanol–water partition coefficient (Wildman–Crippen LogP) is 1.68. The molecule has 0 unspecified atom stereocenters. The van der Waals surface area contributed by atoms with Gasteiger partial charge in [0.15, 0.2) is 10.3 Å². The van der Waals surface area contributed by atoms with Crippen LogP contribution in [0.3, 0.4) is 0 Å². The van der Waals surface area contributed by atoms with Crippen LogP contribution in [0.4, 0.5) is 0 Å². The van der Waals surface area contributed by atoms with Gasteiger partial charge in [-0.05, 0) is 25.0 Å². The molecule has 2 aliphatic heterocycles. The average molecular weight is 360 g/mol. The zero-order valence-corrected chi connectivity index (χ0v) is 13.8. The van der Waals surface area contributed by atoms with Crippen LogP contribution in [-0.4, -0.2) is 19.1 Å². The molecule has 0 N–H and O–H groups in total. The Labute approximate surface area is 144 Å². The predicted molar refractivity (Wildman–Crippen MR) is 88.4 cm³/mol. The third-order valence-electron chi connectivity index (χ3n) is 4.08. The van der Waals surface area contributed by atoms with Gasteiger partial charge in [0, 0.05) is 17.3 Å². The Morgan fingerprint density at radius 1 is 1.42 bits per heavy atom. The number of nitrogens with zero attached hydrogens (tertiary/aromatic N) is 5. The highest BCUT2D eigenvalue weighted by molar-refractivity contribution is 7.15. The molecule has 3 aliphatic rings. The van der Waals surface area contributed by atoms with Crippen molar-refractivity contribution < 1.29 is 0 Å². The number of pyridine rings is 1. The summed E-state index contributed by atoms with van der Waals surface area (Å²) in [5.74, 6) is 0.294. The van der Waals surface area contributed by atoms with E-state index >= 15 is 0 Å². The molecule has 1 aromatic heterocycles. The number of hydrogen-bond acceptors (Lipinski definition) is 6. The fraction of sp³-hybridized carbons (Fsp3) is 0.267. The van der Waals surface area contributed by atoms with Gasteiger partial charge in [-0.15, -0.1) is 11.3 Å². The zero-order valence-electron chi connectivity index (χ0n) is 12.3. The molecule has 1 aromatic rings. The SMILES string of the molecule is N#CC1(n2c(=O)nc3n(Cc4cnc(Cl)s4)cccc-3c2=O)CC1. The molecule has 0 radical (unpaired) electrons. The Morgan fingerprint density at radius 2 is 2.21 bits per heavy atom. The Kier molecular flexibility index (Phi) is 3.30. The van der Waals surface area contributed by atoms with Crippen molar-refractivity contribution in [3.05, 3.63) is 54.7 Å². The molecule has 0 amide bonds. The average Bonchev–Trinajstić information content (AvgIpc) is 3.24. The van der Waals surface area contributed by atoms with Crippen LogP contribution in [0.5, 0.6) is 0 Å². The summed E-state index contributed by atoms with van der Waals surface area (Å²) in [5.41, 5.74) is -1.87. The molecule has 1 aliphatic carbocycles. The van der Waals surface area contributed by atoms with Gasteiger partial charge in [-0.25, -0.2) is 14.3 Å². The molecule has 1 saturated carbocycles. The molecule has 9 heteroatoms. The summed E-state index contributed by atoms with van der Waals surface area (Å²) in [6, 6.07) is 5.40. The first-order chi connectivity index (χ1) is 11.5. The van der Waals surface area contributed by atoms with Crippen molar-refractivity contribution in [2.24, 2.45) is 0 Å². The van der Waals surface area contributed by atoms with Gasteiger partial charge >= 0.3 is 5.69 Å². The normalized spacial score (nSPS) is 15.3.